The molecule has 1 heterocycles. The first-order valence-electron chi connectivity index (χ1n) is 6.68. The number of amides is 2. The van der Waals surface area contributed by atoms with Crippen molar-refractivity contribution >= 4 is 11.8 Å². The molecule has 1 unspecified atom stereocenters. The summed E-state index contributed by atoms with van der Waals surface area (Å²) < 4.78 is 0. The number of piperidine rings is 1. The van der Waals surface area contributed by atoms with Gasteiger partial charge in [0.2, 0.25) is 11.8 Å². The molecule has 1 rings (SSSR count). The van der Waals surface area contributed by atoms with Crippen molar-refractivity contribution in [2.75, 3.05) is 19.6 Å². The predicted octanol–water partition coefficient (Wildman–Crippen LogP) is 0.489. The van der Waals surface area contributed by atoms with Crippen molar-refractivity contribution < 1.29 is 9.59 Å². The van der Waals surface area contributed by atoms with E-state index in [2.05, 4.69) is 5.32 Å². The summed E-state index contributed by atoms with van der Waals surface area (Å²) in [5.74, 6) is -0.140. The monoisotopic (exact) mass is 255 g/mol. The summed E-state index contributed by atoms with van der Waals surface area (Å²) in [6.07, 6.45) is 2.96. The van der Waals surface area contributed by atoms with Crippen LogP contribution in [0.2, 0.25) is 0 Å². The van der Waals surface area contributed by atoms with E-state index < -0.39 is 11.4 Å². The molecule has 1 atom stereocenters. The number of carbonyl (C=O) groups excluding carboxylic acids is 2. The van der Waals surface area contributed by atoms with Gasteiger partial charge >= 0.3 is 0 Å². The molecule has 1 saturated heterocycles. The van der Waals surface area contributed by atoms with Crippen LogP contribution in [-0.2, 0) is 9.59 Å². The van der Waals surface area contributed by atoms with E-state index in [0.717, 1.165) is 25.8 Å². The lowest BCUT2D eigenvalue weighted by molar-refractivity contribution is -0.142. The second kappa shape index (κ2) is 6.18. The molecule has 5 heteroatoms. The van der Waals surface area contributed by atoms with Crippen LogP contribution in [0.5, 0.6) is 0 Å². The molecular weight excluding hydrogens is 230 g/mol. The van der Waals surface area contributed by atoms with E-state index in [-0.39, 0.29) is 12.5 Å². The number of carbonyl (C=O) groups is 2. The molecule has 0 aromatic rings. The first-order chi connectivity index (χ1) is 8.35. The second-order valence-corrected chi connectivity index (χ2v) is 5.76. The molecule has 5 nitrogen and oxygen atoms in total. The van der Waals surface area contributed by atoms with Gasteiger partial charge in [-0.05, 0) is 38.6 Å². The Labute approximate surface area is 109 Å². The van der Waals surface area contributed by atoms with Crippen molar-refractivity contribution in [1.82, 2.24) is 10.2 Å². The fourth-order valence-corrected chi connectivity index (χ4v) is 2.44. The Morgan fingerprint density at radius 2 is 2.06 bits per heavy atom. The minimum absolute atomic E-state index is 0.00491. The maximum atomic E-state index is 12.5. The van der Waals surface area contributed by atoms with Crippen LogP contribution in [0, 0.1) is 5.92 Å². The third kappa shape index (κ3) is 3.98. The summed E-state index contributed by atoms with van der Waals surface area (Å²) in [6, 6.07) is 0. The highest BCUT2D eigenvalue weighted by Gasteiger charge is 2.37. The summed E-state index contributed by atoms with van der Waals surface area (Å²) in [6.45, 7) is 7.40. The van der Waals surface area contributed by atoms with E-state index in [1.54, 1.807) is 4.90 Å². The lowest BCUT2D eigenvalue weighted by Crippen LogP contribution is -2.59. The minimum Gasteiger partial charge on any atom is -0.368 e. The highest BCUT2D eigenvalue weighted by Crippen LogP contribution is 2.21. The topological polar surface area (TPSA) is 75.4 Å². The van der Waals surface area contributed by atoms with Gasteiger partial charge in [0.25, 0.3) is 0 Å². The molecule has 0 spiro atoms. The fraction of sp³-hybridized carbons (Fsp3) is 0.846. The average Bonchev–Trinajstić information content (AvgIpc) is 2.27. The predicted molar refractivity (Wildman–Crippen MR) is 70.9 cm³/mol. The smallest absolute Gasteiger partial charge is 0.243 e. The van der Waals surface area contributed by atoms with Gasteiger partial charge in [0, 0.05) is 6.54 Å². The maximum absolute atomic E-state index is 12.5. The van der Waals surface area contributed by atoms with Crippen molar-refractivity contribution in [2.45, 2.75) is 45.6 Å². The van der Waals surface area contributed by atoms with Gasteiger partial charge in [-0.2, -0.15) is 0 Å². The van der Waals surface area contributed by atoms with Gasteiger partial charge in [-0.3, -0.25) is 9.59 Å². The average molecular weight is 255 g/mol. The zero-order chi connectivity index (χ0) is 13.8. The van der Waals surface area contributed by atoms with Crippen molar-refractivity contribution in [3.05, 3.63) is 0 Å². The van der Waals surface area contributed by atoms with Crippen LogP contribution in [0.25, 0.3) is 0 Å². The molecule has 0 aliphatic carbocycles. The first kappa shape index (κ1) is 15.0. The van der Waals surface area contributed by atoms with E-state index in [0.29, 0.717) is 12.5 Å². The van der Waals surface area contributed by atoms with Crippen LogP contribution < -0.4 is 11.1 Å². The lowest BCUT2D eigenvalue weighted by Gasteiger charge is -2.38. The Morgan fingerprint density at radius 1 is 1.39 bits per heavy atom. The number of nitrogens with one attached hydrogen (secondary N) is 1. The van der Waals surface area contributed by atoms with E-state index in [4.69, 9.17) is 5.73 Å². The molecule has 0 aromatic carbocycles. The van der Waals surface area contributed by atoms with Crippen molar-refractivity contribution in [3.63, 3.8) is 0 Å². The summed E-state index contributed by atoms with van der Waals surface area (Å²) in [4.78, 5) is 25.2. The molecule has 1 aliphatic rings. The molecule has 18 heavy (non-hydrogen) atoms. The third-order valence-electron chi connectivity index (χ3n) is 3.31. The number of primary amides is 1. The van der Waals surface area contributed by atoms with Crippen LogP contribution in [0.1, 0.15) is 40.0 Å². The molecule has 1 fully saturated rings. The molecule has 0 radical (unpaired) electrons. The van der Waals surface area contributed by atoms with Crippen LogP contribution >= 0.6 is 0 Å². The molecule has 0 saturated carbocycles. The van der Waals surface area contributed by atoms with Gasteiger partial charge < -0.3 is 16.0 Å². The minimum atomic E-state index is -0.539. The largest absolute Gasteiger partial charge is 0.368 e. The molecule has 0 bridgehead atoms. The normalized spacial score (nSPS) is 24.0. The van der Waals surface area contributed by atoms with Crippen molar-refractivity contribution in [3.8, 4) is 0 Å². The molecule has 104 valence electrons. The van der Waals surface area contributed by atoms with Gasteiger partial charge in [0.1, 0.15) is 0 Å². The van der Waals surface area contributed by atoms with Crippen LogP contribution in [-0.4, -0.2) is 41.9 Å². The number of nitrogens with zero attached hydrogens (tertiary/aromatic N) is 1. The van der Waals surface area contributed by atoms with Gasteiger partial charge in [-0.15, -0.1) is 0 Å². The van der Waals surface area contributed by atoms with Crippen LogP contribution in [0.4, 0.5) is 0 Å². The highest BCUT2D eigenvalue weighted by molar-refractivity contribution is 5.89. The SMILES string of the molecule is CC(C)CN(CC(N)=O)C(=O)C1(C)CCCCN1. The van der Waals surface area contributed by atoms with Crippen molar-refractivity contribution in [2.24, 2.45) is 11.7 Å². The number of rotatable bonds is 5. The van der Waals surface area contributed by atoms with Crippen LogP contribution in [0.15, 0.2) is 0 Å². The summed E-state index contributed by atoms with van der Waals surface area (Å²) >= 11 is 0. The van der Waals surface area contributed by atoms with Gasteiger partial charge in [-0.1, -0.05) is 13.8 Å². The van der Waals surface area contributed by atoms with E-state index in [9.17, 15) is 9.59 Å². The molecule has 1 aliphatic heterocycles. The number of hydrogen-bond acceptors (Lipinski definition) is 3. The highest BCUT2D eigenvalue weighted by atomic mass is 16.2. The standard InChI is InChI=1S/C13H25N3O2/c1-10(2)8-16(9-11(14)17)12(18)13(3)6-4-5-7-15-13/h10,15H,4-9H2,1-3H3,(H2,14,17). The second-order valence-electron chi connectivity index (χ2n) is 5.76. The fourth-order valence-electron chi connectivity index (χ4n) is 2.44. The first-order valence-corrected chi connectivity index (χ1v) is 6.68. The van der Waals surface area contributed by atoms with E-state index in [1.807, 2.05) is 20.8 Å². The quantitative estimate of drug-likeness (QED) is 0.750. The number of nitrogens with two attached hydrogens (primary N) is 1. The summed E-state index contributed by atoms with van der Waals surface area (Å²) in [7, 11) is 0. The Morgan fingerprint density at radius 3 is 2.50 bits per heavy atom. The Hall–Kier alpha value is -1.10. The number of hydrogen-bond donors (Lipinski definition) is 2. The summed E-state index contributed by atoms with van der Waals surface area (Å²) in [5, 5.41) is 3.28. The van der Waals surface area contributed by atoms with E-state index >= 15 is 0 Å². The van der Waals surface area contributed by atoms with Crippen molar-refractivity contribution in [1.29, 1.82) is 0 Å². The Kier molecular flexibility index (Phi) is 5.14. The zero-order valence-corrected chi connectivity index (χ0v) is 11.7. The zero-order valence-electron chi connectivity index (χ0n) is 11.7. The third-order valence-corrected chi connectivity index (χ3v) is 3.31. The maximum Gasteiger partial charge on any atom is 0.243 e. The van der Waals surface area contributed by atoms with Gasteiger partial charge in [0.05, 0.1) is 12.1 Å². The summed E-state index contributed by atoms with van der Waals surface area (Å²) in [5.41, 5.74) is 4.69. The van der Waals surface area contributed by atoms with E-state index in [1.165, 1.54) is 0 Å². The van der Waals surface area contributed by atoms with Crippen LogP contribution in [0.3, 0.4) is 0 Å². The van der Waals surface area contributed by atoms with Gasteiger partial charge in [0.15, 0.2) is 0 Å². The molecule has 0 aromatic heterocycles. The van der Waals surface area contributed by atoms with Gasteiger partial charge in [-0.25, -0.2) is 0 Å². The molecular formula is C13H25N3O2. The molecule has 3 N–H and O–H groups in total. The lowest BCUT2D eigenvalue weighted by atomic mass is 9.89. The Balaban J connectivity index is 2.76. The Bertz CT molecular complexity index is 309. The molecule has 2 amide bonds.